The zero-order chi connectivity index (χ0) is 12.3. The number of nitrogens with one attached hydrogen (secondary N) is 2. The van der Waals surface area contributed by atoms with Crippen molar-refractivity contribution in [2.75, 3.05) is 6.54 Å². The van der Waals surface area contributed by atoms with Crippen LogP contribution in [0.25, 0.3) is 0 Å². The molecular weight excluding hydrogens is 220 g/mol. The van der Waals surface area contributed by atoms with E-state index in [2.05, 4.69) is 25.6 Å². The van der Waals surface area contributed by atoms with Gasteiger partial charge in [-0.3, -0.25) is 14.6 Å². The minimum Gasteiger partial charge on any atom is -0.349 e. The second-order valence-electron chi connectivity index (χ2n) is 3.73. The van der Waals surface area contributed by atoms with E-state index in [0.29, 0.717) is 18.8 Å². The number of aryl methyl sites for hydroxylation is 2. The van der Waals surface area contributed by atoms with Crippen molar-refractivity contribution in [3.63, 3.8) is 0 Å². The number of aromatic amines is 1. The molecule has 17 heavy (non-hydrogen) atoms. The molecule has 2 aromatic heterocycles. The van der Waals surface area contributed by atoms with Crippen LogP contribution in [0.3, 0.4) is 0 Å². The van der Waals surface area contributed by atoms with Gasteiger partial charge in [0.05, 0.1) is 5.69 Å². The maximum absolute atomic E-state index is 11.6. The van der Waals surface area contributed by atoms with Gasteiger partial charge in [-0.15, -0.1) is 5.10 Å². The predicted octanol–water partition coefficient (Wildman–Crippen LogP) is -0.181. The highest BCUT2D eigenvalue weighted by Crippen LogP contribution is 1.95. The Morgan fingerprint density at radius 3 is 3.00 bits per heavy atom. The lowest BCUT2D eigenvalue weighted by molar-refractivity contribution is 0.0944. The average Bonchev–Trinajstić information content (AvgIpc) is 2.88. The first-order valence-electron chi connectivity index (χ1n) is 5.31. The Labute approximate surface area is 98.2 Å². The van der Waals surface area contributed by atoms with Crippen LogP contribution in [0.2, 0.25) is 0 Å². The first-order valence-corrected chi connectivity index (χ1v) is 5.31. The lowest BCUT2D eigenvalue weighted by atomic mass is 10.3. The molecule has 0 bridgehead atoms. The van der Waals surface area contributed by atoms with Gasteiger partial charge in [-0.1, -0.05) is 0 Å². The lowest BCUT2D eigenvalue weighted by Gasteiger charge is -1.99. The number of carbonyl (C=O) groups excluding carboxylic acids is 1. The number of H-pyrrole nitrogens is 1. The van der Waals surface area contributed by atoms with Crippen molar-refractivity contribution in [1.29, 1.82) is 0 Å². The molecule has 2 rings (SSSR count). The van der Waals surface area contributed by atoms with Crippen molar-refractivity contribution in [2.24, 2.45) is 7.05 Å². The number of nitrogens with zero attached hydrogens (tertiary/aromatic N) is 4. The van der Waals surface area contributed by atoms with Gasteiger partial charge in [0.2, 0.25) is 5.82 Å². The number of hydrogen-bond donors (Lipinski definition) is 2. The van der Waals surface area contributed by atoms with E-state index in [4.69, 9.17) is 0 Å². The first-order chi connectivity index (χ1) is 8.15. The van der Waals surface area contributed by atoms with Crippen molar-refractivity contribution in [1.82, 2.24) is 30.3 Å². The van der Waals surface area contributed by atoms with Crippen LogP contribution in [0.15, 0.2) is 12.3 Å². The molecule has 0 aliphatic heterocycles. The van der Waals surface area contributed by atoms with Crippen LogP contribution in [-0.4, -0.2) is 37.4 Å². The van der Waals surface area contributed by atoms with E-state index in [0.717, 1.165) is 5.69 Å². The Kier molecular flexibility index (Phi) is 3.17. The fourth-order valence-electron chi connectivity index (χ4n) is 1.42. The van der Waals surface area contributed by atoms with Crippen LogP contribution in [0.1, 0.15) is 22.1 Å². The average molecular weight is 234 g/mol. The maximum Gasteiger partial charge on any atom is 0.290 e. The third-order valence-electron chi connectivity index (χ3n) is 2.24. The van der Waals surface area contributed by atoms with E-state index in [1.165, 1.54) is 0 Å². The van der Waals surface area contributed by atoms with Crippen LogP contribution in [0, 0.1) is 6.92 Å². The van der Waals surface area contributed by atoms with Crippen LogP contribution in [0.4, 0.5) is 0 Å². The number of hydrogen-bond acceptors (Lipinski definition) is 4. The molecule has 0 radical (unpaired) electrons. The standard InChI is InChI=1S/C10H14N6O/c1-7-12-9(14-13-7)10(17)11-5-3-8-4-6-16(2)15-8/h4,6H,3,5H2,1-2H3,(H,11,17)(H,12,13,14). The highest BCUT2D eigenvalue weighted by molar-refractivity contribution is 5.90. The van der Waals surface area contributed by atoms with Crippen LogP contribution >= 0.6 is 0 Å². The third kappa shape index (κ3) is 2.90. The topological polar surface area (TPSA) is 88.5 Å². The third-order valence-corrected chi connectivity index (χ3v) is 2.24. The van der Waals surface area contributed by atoms with Crippen LogP contribution < -0.4 is 5.32 Å². The SMILES string of the molecule is Cc1nc(C(=O)NCCc2ccn(C)n2)n[nH]1. The van der Waals surface area contributed by atoms with Crippen LogP contribution in [-0.2, 0) is 13.5 Å². The van der Waals surface area contributed by atoms with Gasteiger partial charge >= 0.3 is 0 Å². The van der Waals surface area contributed by atoms with E-state index in [1.54, 1.807) is 11.6 Å². The van der Waals surface area contributed by atoms with E-state index in [-0.39, 0.29) is 11.7 Å². The monoisotopic (exact) mass is 234 g/mol. The van der Waals surface area contributed by atoms with Gasteiger partial charge in [-0.25, -0.2) is 4.98 Å². The van der Waals surface area contributed by atoms with E-state index < -0.39 is 0 Å². The maximum atomic E-state index is 11.6. The van der Waals surface area contributed by atoms with Gasteiger partial charge in [0.1, 0.15) is 5.82 Å². The van der Waals surface area contributed by atoms with Gasteiger partial charge < -0.3 is 5.32 Å². The molecule has 0 aromatic carbocycles. The van der Waals surface area contributed by atoms with E-state index >= 15 is 0 Å². The Bertz CT molecular complexity index is 514. The summed E-state index contributed by atoms with van der Waals surface area (Å²) in [6.45, 7) is 2.26. The minimum atomic E-state index is -0.273. The summed E-state index contributed by atoms with van der Waals surface area (Å²) < 4.78 is 1.73. The molecule has 0 saturated carbocycles. The van der Waals surface area contributed by atoms with Gasteiger partial charge in [0.15, 0.2) is 0 Å². The van der Waals surface area contributed by atoms with Crippen molar-refractivity contribution in [3.05, 3.63) is 29.6 Å². The molecule has 7 heteroatoms. The fraction of sp³-hybridized carbons (Fsp3) is 0.400. The summed E-state index contributed by atoms with van der Waals surface area (Å²) in [4.78, 5) is 15.5. The quantitative estimate of drug-likeness (QED) is 0.768. The Morgan fingerprint density at radius 1 is 1.59 bits per heavy atom. The van der Waals surface area contributed by atoms with E-state index in [9.17, 15) is 4.79 Å². The number of rotatable bonds is 4. The molecule has 0 unspecified atom stereocenters. The molecule has 1 amide bonds. The molecular formula is C10H14N6O. The molecule has 0 aliphatic carbocycles. The summed E-state index contributed by atoms with van der Waals surface area (Å²) in [6, 6.07) is 1.92. The summed E-state index contributed by atoms with van der Waals surface area (Å²) in [5.74, 6) is 0.522. The number of carbonyl (C=O) groups is 1. The van der Waals surface area contributed by atoms with Crippen molar-refractivity contribution >= 4 is 5.91 Å². The van der Waals surface area contributed by atoms with Gasteiger partial charge in [-0.05, 0) is 13.0 Å². The molecule has 2 aromatic rings. The molecule has 0 fully saturated rings. The molecule has 7 nitrogen and oxygen atoms in total. The first kappa shape index (κ1) is 11.3. The molecule has 0 spiro atoms. The van der Waals surface area contributed by atoms with Gasteiger partial charge in [0, 0.05) is 26.2 Å². The summed E-state index contributed by atoms with van der Waals surface area (Å²) in [5, 5.41) is 13.4. The van der Waals surface area contributed by atoms with Gasteiger partial charge in [-0.2, -0.15) is 5.10 Å². The van der Waals surface area contributed by atoms with Crippen molar-refractivity contribution in [2.45, 2.75) is 13.3 Å². The fourth-order valence-corrected chi connectivity index (χ4v) is 1.42. The second-order valence-corrected chi connectivity index (χ2v) is 3.73. The minimum absolute atomic E-state index is 0.170. The second kappa shape index (κ2) is 4.77. The molecule has 0 aliphatic rings. The Balaban J connectivity index is 1.81. The van der Waals surface area contributed by atoms with Crippen LogP contribution in [0.5, 0.6) is 0 Å². The smallest absolute Gasteiger partial charge is 0.290 e. The zero-order valence-corrected chi connectivity index (χ0v) is 9.77. The summed E-state index contributed by atoms with van der Waals surface area (Å²) in [7, 11) is 1.86. The highest BCUT2D eigenvalue weighted by atomic mass is 16.2. The van der Waals surface area contributed by atoms with Gasteiger partial charge in [0.25, 0.3) is 5.91 Å². The van der Waals surface area contributed by atoms with Crippen molar-refractivity contribution < 1.29 is 4.79 Å². The predicted molar refractivity (Wildman–Crippen MR) is 60.4 cm³/mol. The zero-order valence-electron chi connectivity index (χ0n) is 9.77. The largest absolute Gasteiger partial charge is 0.349 e. The summed E-state index contributed by atoms with van der Waals surface area (Å²) >= 11 is 0. The van der Waals surface area contributed by atoms with Crippen molar-refractivity contribution in [3.8, 4) is 0 Å². The van der Waals surface area contributed by atoms with E-state index in [1.807, 2.05) is 19.3 Å². The molecule has 0 saturated heterocycles. The highest BCUT2D eigenvalue weighted by Gasteiger charge is 2.10. The number of amides is 1. The summed E-state index contributed by atoms with van der Waals surface area (Å²) in [5.41, 5.74) is 0.943. The summed E-state index contributed by atoms with van der Waals surface area (Å²) in [6.07, 6.45) is 2.56. The molecule has 2 N–H and O–H groups in total. The molecule has 2 heterocycles. The molecule has 90 valence electrons. The molecule has 0 atom stereocenters. The Morgan fingerprint density at radius 2 is 2.41 bits per heavy atom. The number of aromatic nitrogens is 5. The Hall–Kier alpha value is -2.18. The lowest BCUT2D eigenvalue weighted by Crippen LogP contribution is -2.26. The normalized spacial score (nSPS) is 10.5.